The Kier molecular flexibility index (Phi) is 8.61. The molecule has 1 aromatic carbocycles. The van der Waals surface area contributed by atoms with Gasteiger partial charge in [-0.2, -0.15) is 0 Å². The predicted octanol–water partition coefficient (Wildman–Crippen LogP) is 2.41. The van der Waals surface area contributed by atoms with Gasteiger partial charge in [0.25, 0.3) is 5.56 Å². The molecule has 0 aliphatic rings. The van der Waals surface area contributed by atoms with Crippen LogP contribution in [-0.2, 0) is 21.9 Å². The van der Waals surface area contributed by atoms with Gasteiger partial charge in [-0.15, -0.1) is 11.8 Å². The van der Waals surface area contributed by atoms with Crippen LogP contribution in [0.25, 0.3) is 0 Å². The maximum absolute atomic E-state index is 12.8. The first-order valence-corrected chi connectivity index (χ1v) is 11.3. The van der Waals surface area contributed by atoms with Crippen LogP contribution >= 0.6 is 11.8 Å². The molecule has 0 aliphatic carbocycles. The predicted molar refractivity (Wildman–Crippen MR) is 122 cm³/mol. The summed E-state index contributed by atoms with van der Waals surface area (Å²) in [6.45, 7) is 1.99. The Morgan fingerprint density at radius 2 is 2.03 bits per heavy atom. The van der Waals surface area contributed by atoms with Crippen molar-refractivity contribution in [2.45, 2.75) is 31.7 Å². The van der Waals surface area contributed by atoms with Crippen molar-refractivity contribution in [1.29, 1.82) is 0 Å². The number of carbonyl (C=O) groups excluding carboxylic acids is 2. The Hall–Kier alpha value is -3.40. The number of nitrogens with zero attached hydrogens (tertiary/aromatic N) is 3. The van der Waals surface area contributed by atoms with E-state index in [9.17, 15) is 14.4 Å². The van der Waals surface area contributed by atoms with Crippen molar-refractivity contribution in [3.05, 3.63) is 76.7 Å². The van der Waals surface area contributed by atoms with Gasteiger partial charge in [-0.25, -0.2) is 4.98 Å². The van der Waals surface area contributed by atoms with Crippen LogP contribution in [0.1, 0.15) is 30.6 Å². The lowest BCUT2D eigenvalue weighted by atomic mass is 10.2. The van der Waals surface area contributed by atoms with Crippen molar-refractivity contribution in [2.24, 2.45) is 0 Å². The van der Waals surface area contributed by atoms with Crippen LogP contribution in [0, 0.1) is 0 Å². The molecule has 2 N–H and O–H groups in total. The number of anilines is 1. The third-order valence-electron chi connectivity index (χ3n) is 4.66. The van der Waals surface area contributed by atoms with Crippen molar-refractivity contribution in [2.75, 3.05) is 17.6 Å². The zero-order chi connectivity index (χ0) is 22.8. The standard InChI is InChI=1S/C22H25N5O4S/c1-2-19(21(29)25-13-18(28)15-32-14-16-6-4-3-5-7-16)27-10-9-23-20(22(27)30)24-12-17-8-11-31-26-17/h3-11,19H,2,12-15H2,1H3,(H,23,24)(H,25,29). The molecule has 1 unspecified atom stereocenters. The molecule has 32 heavy (non-hydrogen) atoms. The lowest BCUT2D eigenvalue weighted by Gasteiger charge is -2.18. The molecule has 2 heterocycles. The molecule has 9 nitrogen and oxygen atoms in total. The maximum atomic E-state index is 12.8. The van der Waals surface area contributed by atoms with Crippen molar-refractivity contribution < 1.29 is 14.1 Å². The molecule has 0 saturated heterocycles. The van der Waals surface area contributed by atoms with Gasteiger partial charge < -0.3 is 15.2 Å². The molecule has 0 radical (unpaired) electrons. The van der Waals surface area contributed by atoms with Gasteiger partial charge in [0.1, 0.15) is 18.0 Å². The number of thioether (sulfide) groups is 1. The first-order chi connectivity index (χ1) is 15.6. The molecule has 1 atom stereocenters. The number of aromatic nitrogens is 3. The highest BCUT2D eigenvalue weighted by molar-refractivity contribution is 7.99. The Bertz CT molecular complexity index is 1070. The summed E-state index contributed by atoms with van der Waals surface area (Å²) >= 11 is 1.50. The van der Waals surface area contributed by atoms with Gasteiger partial charge in [0, 0.05) is 24.2 Å². The van der Waals surface area contributed by atoms with E-state index in [0.717, 1.165) is 11.3 Å². The van der Waals surface area contributed by atoms with E-state index in [-0.39, 0.29) is 30.6 Å². The smallest absolute Gasteiger partial charge is 0.294 e. The lowest BCUT2D eigenvalue weighted by Crippen LogP contribution is -2.40. The van der Waals surface area contributed by atoms with Crippen molar-refractivity contribution in [3.63, 3.8) is 0 Å². The minimum Gasteiger partial charge on any atom is -0.364 e. The molecule has 168 valence electrons. The number of hydrogen-bond acceptors (Lipinski definition) is 8. The van der Waals surface area contributed by atoms with Gasteiger partial charge in [-0.1, -0.05) is 42.4 Å². The van der Waals surface area contributed by atoms with Crippen LogP contribution < -0.4 is 16.2 Å². The summed E-state index contributed by atoms with van der Waals surface area (Å²) in [7, 11) is 0. The van der Waals surface area contributed by atoms with Crippen LogP contribution in [0.3, 0.4) is 0 Å². The third-order valence-corrected chi connectivity index (χ3v) is 5.72. The molecule has 2 aromatic heterocycles. The maximum Gasteiger partial charge on any atom is 0.294 e. The molecular formula is C22H25N5O4S. The highest BCUT2D eigenvalue weighted by atomic mass is 32.2. The van der Waals surface area contributed by atoms with Crippen LogP contribution in [0.2, 0.25) is 0 Å². The Balaban J connectivity index is 1.52. The average molecular weight is 456 g/mol. The highest BCUT2D eigenvalue weighted by Gasteiger charge is 2.21. The quantitative estimate of drug-likeness (QED) is 0.427. The first kappa shape index (κ1) is 23.3. The largest absolute Gasteiger partial charge is 0.364 e. The number of rotatable bonds is 12. The lowest BCUT2D eigenvalue weighted by molar-refractivity contribution is -0.127. The molecule has 0 bridgehead atoms. The molecule has 10 heteroatoms. The van der Waals surface area contributed by atoms with E-state index < -0.39 is 11.6 Å². The summed E-state index contributed by atoms with van der Waals surface area (Å²) in [6.07, 6.45) is 4.74. The first-order valence-electron chi connectivity index (χ1n) is 10.2. The van der Waals surface area contributed by atoms with Crippen molar-refractivity contribution in [1.82, 2.24) is 20.0 Å². The fourth-order valence-electron chi connectivity index (χ4n) is 3.01. The molecule has 0 saturated carbocycles. The van der Waals surface area contributed by atoms with Crippen LogP contribution in [-0.4, -0.2) is 38.7 Å². The van der Waals surface area contributed by atoms with Crippen molar-refractivity contribution >= 4 is 29.3 Å². The Labute approximate surface area is 189 Å². The third kappa shape index (κ3) is 6.55. The molecule has 1 amide bonds. The van der Waals surface area contributed by atoms with E-state index in [1.807, 2.05) is 30.3 Å². The summed E-state index contributed by atoms with van der Waals surface area (Å²) in [5, 5.41) is 9.33. The van der Waals surface area contributed by atoms with Gasteiger partial charge in [0.15, 0.2) is 11.6 Å². The molecule has 3 rings (SSSR count). The summed E-state index contributed by atoms with van der Waals surface area (Å²) in [5.74, 6) is 0.678. The molecule has 0 fully saturated rings. The highest BCUT2D eigenvalue weighted by Crippen LogP contribution is 2.12. The Morgan fingerprint density at radius 1 is 1.22 bits per heavy atom. The number of carbonyl (C=O) groups is 2. The second kappa shape index (κ2) is 11.8. The molecular weight excluding hydrogens is 430 g/mol. The number of nitrogens with one attached hydrogen (secondary N) is 2. The van der Waals surface area contributed by atoms with Crippen LogP contribution in [0.4, 0.5) is 5.82 Å². The number of benzene rings is 1. The second-order valence-electron chi connectivity index (χ2n) is 6.99. The summed E-state index contributed by atoms with van der Waals surface area (Å²) in [4.78, 5) is 41.7. The average Bonchev–Trinajstić information content (AvgIpc) is 3.33. The van der Waals surface area contributed by atoms with Crippen LogP contribution in [0.15, 0.2) is 64.4 Å². The molecule has 0 aliphatic heterocycles. The fourth-order valence-corrected chi connectivity index (χ4v) is 3.87. The van der Waals surface area contributed by atoms with Crippen LogP contribution in [0.5, 0.6) is 0 Å². The normalized spacial score (nSPS) is 11.7. The van der Waals surface area contributed by atoms with Gasteiger partial charge in [-0.05, 0) is 12.0 Å². The molecule has 0 spiro atoms. The van der Waals surface area contributed by atoms with E-state index in [2.05, 4.69) is 20.8 Å². The zero-order valence-corrected chi connectivity index (χ0v) is 18.5. The SMILES string of the molecule is CCC(C(=O)NCC(=O)CSCc1ccccc1)n1ccnc(NCc2ccon2)c1=O. The number of hydrogen-bond donors (Lipinski definition) is 2. The summed E-state index contributed by atoms with van der Waals surface area (Å²) in [5.41, 5.74) is 1.34. The second-order valence-corrected chi connectivity index (χ2v) is 7.98. The molecule has 3 aromatic rings. The monoisotopic (exact) mass is 455 g/mol. The fraction of sp³-hybridized carbons (Fsp3) is 0.318. The topological polar surface area (TPSA) is 119 Å². The number of amides is 1. The van der Waals surface area contributed by atoms with E-state index in [1.54, 1.807) is 13.0 Å². The summed E-state index contributed by atoms with van der Waals surface area (Å²) < 4.78 is 6.08. The van der Waals surface area contributed by atoms with E-state index >= 15 is 0 Å². The van der Waals surface area contributed by atoms with E-state index in [1.165, 1.54) is 35.0 Å². The summed E-state index contributed by atoms with van der Waals surface area (Å²) in [6, 6.07) is 10.8. The zero-order valence-electron chi connectivity index (χ0n) is 17.7. The van der Waals surface area contributed by atoms with Gasteiger partial charge in [0.2, 0.25) is 5.91 Å². The van der Waals surface area contributed by atoms with E-state index in [4.69, 9.17) is 4.52 Å². The minimum atomic E-state index is -0.747. The number of Topliss-reactive ketones (excluding diaryl/α,β-unsaturated/α-hetero) is 1. The van der Waals surface area contributed by atoms with Gasteiger partial charge in [-0.3, -0.25) is 19.0 Å². The van der Waals surface area contributed by atoms with Crippen molar-refractivity contribution in [3.8, 4) is 0 Å². The van der Waals surface area contributed by atoms with Gasteiger partial charge >= 0.3 is 0 Å². The number of ketones is 1. The minimum absolute atomic E-state index is 0.0752. The van der Waals surface area contributed by atoms with E-state index in [0.29, 0.717) is 17.9 Å². The Morgan fingerprint density at radius 3 is 2.75 bits per heavy atom. The van der Waals surface area contributed by atoms with Gasteiger partial charge in [0.05, 0.1) is 18.8 Å².